The Labute approximate surface area is 82.7 Å². The second kappa shape index (κ2) is 8.48. The number of likely N-dealkylation sites (N-methyl/N-ethyl adjacent to an activating group) is 2. The van der Waals surface area contributed by atoms with Crippen molar-refractivity contribution in [3.8, 4) is 0 Å². The quantitative estimate of drug-likeness (QED) is 0.586. The van der Waals surface area contributed by atoms with Gasteiger partial charge in [-0.15, -0.1) is 0 Å². The Morgan fingerprint density at radius 3 is 2.23 bits per heavy atom. The lowest BCUT2D eigenvalue weighted by molar-refractivity contribution is 0.204. The molecule has 0 aromatic heterocycles. The van der Waals surface area contributed by atoms with Crippen LogP contribution >= 0.6 is 0 Å². The van der Waals surface area contributed by atoms with E-state index in [1.807, 2.05) is 0 Å². The van der Waals surface area contributed by atoms with Crippen LogP contribution in [0.3, 0.4) is 0 Å². The van der Waals surface area contributed by atoms with Crippen LogP contribution in [0.5, 0.6) is 0 Å². The van der Waals surface area contributed by atoms with Gasteiger partial charge in [-0.25, -0.2) is 0 Å². The van der Waals surface area contributed by atoms with Gasteiger partial charge in [-0.05, 0) is 32.6 Å². The van der Waals surface area contributed by atoms with Crippen LogP contribution < -0.4 is 11.1 Å². The molecule has 0 aliphatic heterocycles. The summed E-state index contributed by atoms with van der Waals surface area (Å²) in [7, 11) is 0. The van der Waals surface area contributed by atoms with E-state index in [4.69, 9.17) is 5.73 Å². The number of hydrogen-bond acceptors (Lipinski definition) is 3. The molecule has 0 fully saturated rings. The first-order valence-corrected chi connectivity index (χ1v) is 5.44. The number of nitrogens with one attached hydrogen (secondary N) is 1. The summed E-state index contributed by atoms with van der Waals surface area (Å²) in [5.41, 5.74) is 5.59. The van der Waals surface area contributed by atoms with Gasteiger partial charge in [0.15, 0.2) is 0 Å². The molecule has 0 amide bonds. The Kier molecular flexibility index (Phi) is 8.40. The van der Waals surface area contributed by atoms with Crippen LogP contribution in [0.25, 0.3) is 0 Å². The molecule has 1 unspecified atom stereocenters. The van der Waals surface area contributed by atoms with Crippen LogP contribution in [-0.4, -0.2) is 43.7 Å². The summed E-state index contributed by atoms with van der Waals surface area (Å²) in [5, 5.41) is 3.39. The van der Waals surface area contributed by atoms with Crippen LogP contribution in [-0.2, 0) is 0 Å². The standard InChI is InChI=1S/C10H25N3/c1-4-12-9-10(7-8-11)13(5-2)6-3/h10,12H,4-9,11H2,1-3H3. The van der Waals surface area contributed by atoms with E-state index in [2.05, 4.69) is 31.0 Å². The van der Waals surface area contributed by atoms with Crippen LogP contribution in [0.4, 0.5) is 0 Å². The highest BCUT2D eigenvalue weighted by molar-refractivity contribution is 4.72. The number of nitrogens with two attached hydrogens (primary N) is 1. The molecule has 0 saturated heterocycles. The number of hydrogen-bond donors (Lipinski definition) is 2. The minimum Gasteiger partial charge on any atom is -0.330 e. The van der Waals surface area contributed by atoms with Gasteiger partial charge < -0.3 is 11.1 Å². The molecule has 0 aromatic rings. The van der Waals surface area contributed by atoms with Crippen molar-refractivity contribution in [2.75, 3.05) is 32.7 Å². The Morgan fingerprint density at radius 1 is 1.23 bits per heavy atom. The van der Waals surface area contributed by atoms with Crippen LogP contribution in [0.1, 0.15) is 27.2 Å². The first-order valence-electron chi connectivity index (χ1n) is 5.44. The number of rotatable bonds is 8. The van der Waals surface area contributed by atoms with Gasteiger partial charge in [-0.3, -0.25) is 4.90 Å². The summed E-state index contributed by atoms with van der Waals surface area (Å²) in [6.07, 6.45) is 1.09. The molecule has 0 bridgehead atoms. The minimum atomic E-state index is 0.611. The molecular weight excluding hydrogens is 162 g/mol. The maximum Gasteiger partial charge on any atom is 0.0232 e. The van der Waals surface area contributed by atoms with E-state index in [1.165, 1.54) is 0 Å². The third-order valence-corrected chi connectivity index (χ3v) is 2.46. The average molecular weight is 187 g/mol. The van der Waals surface area contributed by atoms with E-state index < -0.39 is 0 Å². The molecule has 0 radical (unpaired) electrons. The SMILES string of the molecule is CCNCC(CCN)N(CC)CC. The van der Waals surface area contributed by atoms with Crippen molar-refractivity contribution in [1.82, 2.24) is 10.2 Å². The second-order valence-corrected chi connectivity index (χ2v) is 3.26. The van der Waals surface area contributed by atoms with E-state index in [9.17, 15) is 0 Å². The van der Waals surface area contributed by atoms with Crippen LogP contribution in [0.2, 0.25) is 0 Å². The first-order chi connectivity index (χ1) is 6.29. The zero-order chi connectivity index (χ0) is 10.1. The molecule has 3 N–H and O–H groups in total. The monoisotopic (exact) mass is 187 g/mol. The van der Waals surface area contributed by atoms with Crippen LogP contribution in [0, 0.1) is 0 Å². The number of nitrogens with zero attached hydrogens (tertiary/aromatic N) is 1. The smallest absolute Gasteiger partial charge is 0.0232 e. The summed E-state index contributed by atoms with van der Waals surface area (Å²) in [4.78, 5) is 2.47. The Hall–Kier alpha value is -0.120. The van der Waals surface area contributed by atoms with Gasteiger partial charge in [0.1, 0.15) is 0 Å². The summed E-state index contributed by atoms with van der Waals surface area (Å²) in [6.45, 7) is 11.7. The Bertz CT molecular complexity index is 102. The van der Waals surface area contributed by atoms with Crippen LogP contribution in [0.15, 0.2) is 0 Å². The van der Waals surface area contributed by atoms with E-state index in [-0.39, 0.29) is 0 Å². The molecule has 0 spiro atoms. The molecule has 0 heterocycles. The molecule has 0 aliphatic carbocycles. The predicted octanol–water partition coefficient (Wildman–Crippen LogP) is 0.655. The summed E-state index contributed by atoms with van der Waals surface area (Å²) in [5.74, 6) is 0. The largest absolute Gasteiger partial charge is 0.330 e. The van der Waals surface area contributed by atoms with E-state index in [0.717, 1.165) is 39.1 Å². The summed E-state index contributed by atoms with van der Waals surface area (Å²) >= 11 is 0. The summed E-state index contributed by atoms with van der Waals surface area (Å²) < 4.78 is 0. The molecular formula is C10H25N3. The summed E-state index contributed by atoms with van der Waals surface area (Å²) in [6, 6.07) is 0.611. The highest BCUT2D eigenvalue weighted by atomic mass is 15.2. The molecule has 3 nitrogen and oxygen atoms in total. The van der Waals surface area contributed by atoms with Gasteiger partial charge in [-0.2, -0.15) is 0 Å². The Balaban J connectivity index is 3.88. The lowest BCUT2D eigenvalue weighted by atomic mass is 10.1. The molecule has 0 saturated carbocycles. The van der Waals surface area contributed by atoms with Crippen molar-refractivity contribution in [3.63, 3.8) is 0 Å². The normalized spacial score (nSPS) is 13.6. The maximum absolute atomic E-state index is 5.59. The van der Waals surface area contributed by atoms with Crippen molar-refractivity contribution >= 4 is 0 Å². The molecule has 1 atom stereocenters. The van der Waals surface area contributed by atoms with E-state index >= 15 is 0 Å². The first kappa shape index (κ1) is 12.9. The van der Waals surface area contributed by atoms with Gasteiger partial charge in [0, 0.05) is 12.6 Å². The van der Waals surface area contributed by atoms with Crippen molar-refractivity contribution in [1.29, 1.82) is 0 Å². The molecule has 80 valence electrons. The zero-order valence-electron chi connectivity index (χ0n) is 9.34. The minimum absolute atomic E-state index is 0.611. The van der Waals surface area contributed by atoms with Gasteiger partial charge in [0.2, 0.25) is 0 Å². The third-order valence-electron chi connectivity index (χ3n) is 2.46. The van der Waals surface area contributed by atoms with Crippen molar-refractivity contribution in [2.45, 2.75) is 33.2 Å². The molecule has 0 aromatic carbocycles. The predicted molar refractivity (Wildman–Crippen MR) is 58.9 cm³/mol. The zero-order valence-corrected chi connectivity index (χ0v) is 9.34. The van der Waals surface area contributed by atoms with Crippen molar-refractivity contribution in [3.05, 3.63) is 0 Å². The lowest BCUT2D eigenvalue weighted by Crippen LogP contribution is -2.43. The second-order valence-electron chi connectivity index (χ2n) is 3.26. The topological polar surface area (TPSA) is 41.3 Å². The highest BCUT2D eigenvalue weighted by Crippen LogP contribution is 2.01. The van der Waals surface area contributed by atoms with E-state index in [0.29, 0.717) is 6.04 Å². The average Bonchev–Trinajstić information content (AvgIpc) is 2.16. The van der Waals surface area contributed by atoms with Crippen molar-refractivity contribution < 1.29 is 0 Å². The third kappa shape index (κ3) is 5.24. The fourth-order valence-electron chi connectivity index (χ4n) is 1.66. The van der Waals surface area contributed by atoms with Crippen molar-refractivity contribution in [2.24, 2.45) is 5.73 Å². The molecule has 13 heavy (non-hydrogen) atoms. The van der Waals surface area contributed by atoms with Gasteiger partial charge >= 0.3 is 0 Å². The Morgan fingerprint density at radius 2 is 1.85 bits per heavy atom. The molecule has 0 rings (SSSR count). The van der Waals surface area contributed by atoms with E-state index in [1.54, 1.807) is 0 Å². The fraction of sp³-hybridized carbons (Fsp3) is 1.00. The van der Waals surface area contributed by atoms with Gasteiger partial charge in [0.25, 0.3) is 0 Å². The van der Waals surface area contributed by atoms with Gasteiger partial charge in [0.05, 0.1) is 0 Å². The fourth-order valence-corrected chi connectivity index (χ4v) is 1.66. The molecule has 3 heteroatoms. The van der Waals surface area contributed by atoms with Gasteiger partial charge in [-0.1, -0.05) is 20.8 Å². The molecule has 0 aliphatic rings. The maximum atomic E-state index is 5.59. The highest BCUT2D eigenvalue weighted by Gasteiger charge is 2.13. The lowest BCUT2D eigenvalue weighted by Gasteiger charge is -2.29.